The average molecular weight is 723 g/mol. The second-order valence-electron chi connectivity index (χ2n) is 12.8. The first-order chi connectivity index (χ1) is 24.6. The van der Waals surface area contributed by atoms with E-state index in [1.54, 1.807) is 0 Å². The highest BCUT2D eigenvalue weighted by atomic mass is 32.2. The Bertz CT molecular complexity index is 1560. The van der Waals surface area contributed by atoms with Crippen molar-refractivity contribution in [1.29, 1.82) is 0 Å². The van der Waals surface area contributed by atoms with Crippen molar-refractivity contribution in [3.8, 4) is 11.1 Å². The summed E-state index contributed by atoms with van der Waals surface area (Å²) < 4.78 is 5.50. The molecule has 0 radical (unpaired) electrons. The monoisotopic (exact) mass is 722 g/mol. The number of thioether (sulfide) groups is 1. The Hall–Kier alpha value is -4.83. The number of carbonyl (C=O) groups is 6. The first-order valence-electron chi connectivity index (χ1n) is 17.2. The van der Waals surface area contributed by atoms with Crippen LogP contribution >= 0.6 is 11.8 Å². The molecule has 2 aromatic carbocycles. The fourth-order valence-corrected chi connectivity index (χ4v) is 8.33. The average Bonchev–Trinajstić information content (AvgIpc) is 3.77. The summed E-state index contributed by atoms with van der Waals surface area (Å²) in [6.45, 7) is -0.514. The number of primary amides is 1. The minimum atomic E-state index is -1.14. The first-order valence-corrected chi connectivity index (χ1v) is 18.3. The molecule has 2 aliphatic heterocycles. The zero-order valence-electron chi connectivity index (χ0n) is 28.4. The smallest absolute Gasteiger partial charge is 0.407 e. The topological polar surface area (TPSA) is 227 Å². The predicted octanol–water partition coefficient (Wildman–Crippen LogP) is 0.515. The summed E-state index contributed by atoms with van der Waals surface area (Å²) in [5.74, 6) is -1.33. The van der Waals surface area contributed by atoms with Gasteiger partial charge in [0.15, 0.2) is 0 Å². The van der Waals surface area contributed by atoms with E-state index in [0.717, 1.165) is 45.7 Å². The molecule has 3 aliphatic rings. The summed E-state index contributed by atoms with van der Waals surface area (Å²) in [5, 5.41) is 14.1. The molecule has 16 heteroatoms. The normalized spacial score (nSPS) is 19.1. The van der Waals surface area contributed by atoms with E-state index in [4.69, 9.17) is 16.2 Å². The van der Waals surface area contributed by atoms with Gasteiger partial charge in [-0.15, -0.1) is 0 Å². The van der Waals surface area contributed by atoms with E-state index in [1.165, 1.54) is 0 Å². The van der Waals surface area contributed by atoms with Crippen molar-refractivity contribution < 1.29 is 33.5 Å². The van der Waals surface area contributed by atoms with Gasteiger partial charge in [-0.05, 0) is 35.1 Å². The van der Waals surface area contributed by atoms with E-state index in [9.17, 15) is 28.8 Å². The number of benzene rings is 2. The lowest BCUT2D eigenvalue weighted by atomic mass is 9.98. The number of ether oxygens (including phenoxy) is 1. The van der Waals surface area contributed by atoms with Crippen molar-refractivity contribution in [3.63, 3.8) is 0 Å². The summed E-state index contributed by atoms with van der Waals surface area (Å²) in [6, 6.07) is 15.0. The van der Waals surface area contributed by atoms with Crippen molar-refractivity contribution >= 4 is 47.5 Å². The number of hydrogen-bond donors (Lipinski definition) is 7. The van der Waals surface area contributed by atoms with Gasteiger partial charge >= 0.3 is 12.1 Å². The Kier molecular flexibility index (Phi) is 13.1. The van der Waals surface area contributed by atoms with E-state index in [-0.39, 0.29) is 69.1 Å². The van der Waals surface area contributed by atoms with Crippen molar-refractivity contribution in [1.82, 2.24) is 31.5 Å². The highest BCUT2D eigenvalue weighted by molar-refractivity contribution is 8.00. The van der Waals surface area contributed by atoms with Gasteiger partial charge in [0, 0.05) is 55.9 Å². The van der Waals surface area contributed by atoms with Crippen molar-refractivity contribution in [2.24, 2.45) is 11.5 Å². The number of alkyl carbamates (subject to hydrolysis) is 1. The maximum Gasteiger partial charge on any atom is 0.407 e. The Balaban J connectivity index is 0.985. The van der Waals surface area contributed by atoms with Crippen LogP contribution in [-0.2, 0) is 23.9 Å². The Morgan fingerprint density at radius 2 is 1.63 bits per heavy atom. The van der Waals surface area contributed by atoms with Gasteiger partial charge in [0.25, 0.3) is 0 Å². The molecule has 2 heterocycles. The molecule has 7 amide bonds. The molecule has 274 valence electrons. The minimum absolute atomic E-state index is 0.0162. The highest BCUT2D eigenvalue weighted by Crippen LogP contribution is 2.44. The quantitative estimate of drug-likeness (QED) is 0.0840. The van der Waals surface area contributed by atoms with E-state index in [0.29, 0.717) is 18.1 Å². The Morgan fingerprint density at radius 1 is 0.922 bits per heavy atom. The zero-order valence-corrected chi connectivity index (χ0v) is 29.2. The van der Waals surface area contributed by atoms with Crippen LogP contribution in [0.2, 0.25) is 0 Å². The molecule has 0 aromatic heterocycles. The fraction of sp³-hybridized carbons (Fsp3) is 0.486. The van der Waals surface area contributed by atoms with Gasteiger partial charge in [0.1, 0.15) is 12.6 Å². The molecule has 0 bridgehead atoms. The summed E-state index contributed by atoms with van der Waals surface area (Å²) in [5.41, 5.74) is 15.6. The number of unbranched alkanes of at least 4 members (excludes halogenated alkanes) is 1. The molecule has 2 saturated heterocycles. The number of fused-ring (bicyclic) bond motifs is 4. The zero-order chi connectivity index (χ0) is 36.3. The molecule has 51 heavy (non-hydrogen) atoms. The van der Waals surface area contributed by atoms with Crippen LogP contribution in [0, 0.1) is 0 Å². The molecule has 15 nitrogen and oxygen atoms in total. The van der Waals surface area contributed by atoms with Gasteiger partial charge in [-0.3, -0.25) is 19.2 Å². The van der Waals surface area contributed by atoms with Crippen LogP contribution in [0.5, 0.6) is 0 Å². The van der Waals surface area contributed by atoms with Gasteiger partial charge in [0.05, 0.1) is 18.6 Å². The van der Waals surface area contributed by atoms with Crippen molar-refractivity contribution in [3.05, 3.63) is 59.7 Å². The number of rotatable bonds is 18. The lowest BCUT2D eigenvalue weighted by molar-refractivity contribution is -0.138. The van der Waals surface area contributed by atoms with E-state index in [1.807, 2.05) is 60.3 Å². The second-order valence-corrected chi connectivity index (χ2v) is 14.1. The van der Waals surface area contributed by atoms with Gasteiger partial charge in [-0.25, -0.2) is 9.59 Å². The van der Waals surface area contributed by atoms with Gasteiger partial charge in [-0.2, -0.15) is 11.8 Å². The van der Waals surface area contributed by atoms with Crippen LogP contribution in [0.25, 0.3) is 11.1 Å². The first kappa shape index (κ1) is 37.4. The summed E-state index contributed by atoms with van der Waals surface area (Å²) in [6.07, 6.45) is 1.86. The summed E-state index contributed by atoms with van der Waals surface area (Å²) >= 11 is 1.82. The molecule has 2 aromatic rings. The summed E-state index contributed by atoms with van der Waals surface area (Å²) in [4.78, 5) is 75.2. The third kappa shape index (κ3) is 9.91. The van der Waals surface area contributed by atoms with Crippen LogP contribution in [0.1, 0.15) is 49.1 Å². The van der Waals surface area contributed by atoms with Crippen LogP contribution < -0.4 is 38.1 Å². The van der Waals surface area contributed by atoms with Crippen molar-refractivity contribution in [2.45, 2.75) is 61.4 Å². The molecule has 1 unspecified atom stereocenters. The van der Waals surface area contributed by atoms with E-state index >= 15 is 0 Å². The molecule has 5 rings (SSSR count). The number of nitrogens with two attached hydrogens (primary N) is 2. The highest BCUT2D eigenvalue weighted by Gasteiger charge is 2.42. The van der Waals surface area contributed by atoms with E-state index < -0.39 is 36.4 Å². The summed E-state index contributed by atoms with van der Waals surface area (Å²) in [7, 11) is 0. The fourth-order valence-electron chi connectivity index (χ4n) is 6.78. The number of nitrogens with zero attached hydrogens (tertiary/aromatic N) is 1. The van der Waals surface area contributed by atoms with Crippen LogP contribution in [0.4, 0.5) is 9.59 Å². The minimum Gasteiger partial charge on any atom is -0.449 e. The molecule has 9 N–H and O–H groups in total. The molecule has 4 atom stereocenters. The second kappa shape index (κ2) is 17.9. The van der Waals surface area contributed by atoms with Gasteiger partial charge in [-0.1, -0.05) is 55.0 Å². The predicted molar refractivity (Wildman–Crippen MR) is 191 cm³/mol. The van der Waals surface area contributed by atoms with Crippen LogP contribution in [-0.4, -0.2) is 109 Å². The van der Waals surface area contributed by atoms with Crippen LogP contribution in [0.3, 0.4) is 0 Å². The molecule has 0 saturated carbocycles. The van der Waals surface area contributed by atoms with E-state index in [2.05, 4.69) is 26.6 Å². The largest absolute Gasteiger partial charge is 0.449 e. The lowest BCUT2D eigenvalue weighted by Crippen LogP contribution is -2.55. The number of carbonyl (C=O) groups excluding carboxylic acids is 6. The van der Waals surface area contributed by atoms with Crippen LogP contribution in [0.15, 0.2) is 48.5 Å². The maximum absolute atomic E-state index is 13.2. The number of urea groups is 1. The molecule has 2 fully saturated rings. The van der Waals surface area contributed by atoms with Gasteiger partial charge in [0.2, 0.25) is 23.6 Å². The third-order valence-electron chi connectivity index (χ3n) is 9.28. The Morgan fingerprint density at radius 3 is 2.31 bits per heavy atom. The lowest BCUT2D eigenvalue weighted by Gasteiger charge is -2.26. The standard InChI is InChI=1S/C35H46N8O7S/c36-17-26(40-31(46)13-14-39-35(49)50-19-25-23-9-3-1-7-21(23)22-8-2-4-10-24(22)25)33(47)43(18-29(37)44)16-15-38-30(45)12-6-5-11-28-32-27(20-51-28)41-34(48)42-32/h1-4,7-10,25-28,32H,5-6,11-20,36H2,(H2,37,44)(H,38,45)(H,39,49)(H,40,46)(H2,41,42,48)/t26?,27-,28-,32-/m1/s1. The third-order valence-corrected chi connectivity index (χ3v) is 10.8. The molecule has 1 aliphatic carbocycles. The molecular weight excluding hydrogens is 677 g/mol. The molecule has 0 spiro atoms. The SMILES string of the molecule is NCC(NC(=O)CCNC(=O)OCC1c2ccccc2-c2ccccc21)C(=O)N(CCNC(=O)CCCC[C@H]1SC[C@H]2NC(=O)N[C@H]21)CC(N)=O. The number of hydrogen-bond acceptors (Lipinski definition) is 9. The van der Waals surface area contributed by atoms with Gasteiger partial charge < -0.3 is 47.7 Å². The number of nitrogens with one attached hydrogen (secondary N) is 5. The Labute approximate surface area is 300 Å². The number of amides is 7. The molecular formula is C35H46N8O7S. The maximum atomic E-state index is 13.2. The van der Waals surface area contributed by atoms with Crippen molar-refractivity contribution in [2.75, 3.05) is 45.1 Å².